The van der Waals surface area contributed by atoms with Crippen molar-refractivity contribution in [1.29, 1.82) is 0 Å². The molecule has 0 fully saturated rings. The second kappa shape index (κ2) is 8.00. The molecule has 5 nitrogen and oxygen atoms in total. The van der Waals surface area contributed by atoms with Crippen molar-refractivity contribution in [1.82, 2.24) is 0 Å². The Morgan fingerprint density at radius 2 is 1.61 bits per heavy atom. The van der Waals surface area contributed by atoms with E-state index >= 15 is 0 Å². The Hall–Kier alpha value is -2.90. The summed E-state index contributed by atoms with van der Waals surface area (Å²) < 4.78 is 40.6. The summed E-state index contributed by atoms with van der Waals surface area (Å²) in [6, 6.07) is 18.3. The lowest BCUT2D eigenvalue weighted by molar-refractivity contribution is 0.102. The second-order valence-electron chi connectivity index (χ2n) is 5.89. The molecule has 3 aromatic rings. The number of rotatable bonds is 5. The minimum atomic E-state index is -3.78. The van der Waals surface area contributed by atoms with Crippen molar-refractivity contribution in [3.63, 3.8) is 0 Å². The minimum Gasteiger partial charge on any atom is -0.319 e. The van der Waals surface area contributed by atoms with Crippen LogP contribution < -0.4 is 9.62 Å². The minimum absolute atomic E-state index is 0.0318. The zero-order valence-corrected chi connectivity index (χ0v) is 16.3. The number of nitrogens with zero attached hydrogens (tertiary/aromatic N) is 1. The number of hydrogen-bond acceptors (Lipinski definition) is 3. The third-order valence-electron chi connectivity index (χ3n) is 4.09. The molecular weight excluding hydrogens is 403 g/mol. The summed E-state index contributed by atoms with van der Waals surface area (Å²) in [6.45, 7) is 0. The zero-order valence-electron chi connectivity index (χ0n) is 14.8. The summed E-state index contributed by atoms with van der Waals surface area (Å²) >= 11 is 5.70. The largest absolute Gasteiger partial charge is 0.319 e. The molecule has 0 radical (unpaired) electrons. The van der Waals surface area contributed by atoms with Gasteiger partial charge in [-0.15, -0.1) is 0 Å². The molecule has 0 atom stereocenters. The number of amides is 1. The molecule has 1 N–H and O–H groups in total. The van der Waals surface area contributed by atoms with Crippen LogP contribution in [-0.2, 0) is 10.0 Å². The Morgan fingerprint density at radius 1 is 0.964 bits per heavy atom. The monoisotopic (exact) mass is 418 g/mol. The van der Waals surface area contributed by atoms with Gasteiger partial charge in [0.1, 0.15) is 0 Å². The predicted molar refractivity (Wildman–Crippen MR) is 108 cm³/mol. The second-order valence-corrected chi connectivity index (χ2v) is 8.26. The van der Waals surface area contributed by atoms with Crippen LogP contribution in [0, 0.1) is 5.82 Å². The maximum absolute atomic E-state index is 13.9. The van der Waals surface area contributed by atoms with Crippen LogP contribution in [0.2, 0.25) is 5.02 Å². The standard InChI is InChI=1S/C20H16ClFN2O3S/c1-24(15-6-3-2-4-7-15)28(26,27)16-12-10-14(11-13-16)20(25)23-18-9-5-8-17(21)19(18)22/h2-13H,1H3,(H,23,25). The Bertz CT molecular complexity index is 1100. The lowest BCUT2D eigenvalue weighted by Crippen LogP contribution is -2.26. The van der Waals surface area contributed by atoms with Crippen LogP contribution in [-0.4, -0.2) is 21.4 Å². The topological polar surface area (TPSA) is 66.5 Å². The third kappa shape index (κ3) is 4.00. The van der Waals surface area contributed by atoms with Crippen molar-refractivity contribution in [2.45, 2.75) is 4.90 Å². The van der Waals surface area contributed by atoms with Gasteiger partial charge in [-0.25, -0.2) is 12.8 Å². The highest BCUT2D eigenvalue weighted by molar-refractivity contribution is 7.92. The van der Waals surface area contributed by atoms with Crippen LogP contribution in [0.3, 0.4) is 0 Å². The molecule has 0 spiro atoms. The molecule has 0 saturated heterocycles. The molecule has 0 aliphatic heterocycles. The van der Waals surface area contributed by atoms with Crippen molar-refractivity contribution >= 4 is 38.9 Å². The summed E-state index contributed by atoms with van der Waals surface area (Å²) in [6.07, 6.45) is 0. The lowest BCUT2D eigenvalue weighted by Gasteiger charge is -2.19. The van der Waals surface area contributed by atoms with Crippen molar-refractivity contribution < 1.29 is 17.6 Å². The number of sulfonamides is 1. The van der Waals surface area contributed by atoms with Crippen molar-refractivity contribution in [3.8, 4) is 0 Å². The molecule has 0 aromatic heterocycles. The predicted octanol–water partition coefficient (Wildman–Crippen LogP) is 4.56. The number of benzene rings is 3. The number of para-hydroxylation sites is 1. The average Bonchev–Trinajstić information content (AvgIpc) is 2.71. The molecule has 1 amide bonds. The molecule has 28 heavy (non-hydrogen) atoms. The quantitative estimate of drug-likeness (QED) is 0.660. The van der Waals surface area contributed by atoms with Crippen LogP contribution in [0.25, 0.3) is 0 Å². The number of carbonyl (C=O) groups is 1. The number of hydrogen-bond donors (Lipinski definition) is 1. The molecule has 0 aliphatic carbocycles. The molecule has 144 valence electrons. The van der Waals surface area contributed by atoms with E-state index in [0.29, 0.717) is 5.69 Å². The van der Waals surface area contributed by atoms with Crippen LogP contribution in [0.1, 0.15) is 10.4 Å². The van der Waals surface area contributed by atoms with E-state index in [-0.39, 0.29) is 21.2 Å². The number of carbonyl (C=O) groups excluding carboxylic acids is 1. The molecule has 3 aromatic carbocycles. The number of halogens is 2. The van der Waals surface area contributed by atoms with Crippen molar-refractivity contribution in [2.24, 2.45) is 0 Å². The first-order chi connectivity index (χ1) is 13.3. The van der Waals surface area contributed by atoms with E-state index in [1.807, 2.05) is 0 Å². The van der Waals surface area contributed by atoms with Gasteiger partial charge in [-0.05, 0) is 48.5 Å². The van der Waals surface area contributed by atoms with E-state index in [2.05, 4.69) is 5.32 Å². The van der Waals surface area contributed by atoms with E-state index < -0.39 is 21.7 Å². The maximum Gasteiger partial charge on any atom is 0.264 e. The van der Waals surface area contributed by atoms with Gasteiger partial charge in [0.2, 0.25) is 0 Å². The van der Waals surface area contributed by atoms with Crippen molar-refractivity contribution in [3.05, 3.63) is 89.2 Å². The smallest absolute Gasteiger partial charge is 0.264 e. The molecule has 0 bridgehead atoms. The van der Waals surface area contributed by atoms with Gasteiger partial charge < -0.3 is 5.32 Å². The highest BCUT2D eigenvalue weighted by Crippen LogP contribution is 2.24. The first-order valence-electron chi connectivity index (χ1n) is 8.20. The van der Waals surface area contributed by atoms with Gasteiger partial charge in [0.05, 0.1) is 21.3 Å². The van der Waals surface area contributed by atoms with Gasteiger partial charge in [0.25, 0.3) is 15.9 Å². The number of nitrogens with one attached hydrogen (secondary N) is 1. The van der Waals surface area contributed by atoms with Crippen LogP contribution in [0.5, 0.6) is 0 Å². The molecule has 8 heteroatoms. The summed E-state index contributed by atoms with van der Waals surface area (Å²) in [5.74, 6) is -1.32. The van der Waals surface area contributed by atoms with Gasteiger partial charge in [-0.2, -0.15) is 0 Å². The van der Waals surface area contributed by atoms with Gasteiger partial charge in [-0.1, -0.05) is 35.9 Å². The van der Waals surface area contributed by atoms with Gasteiger partial charge in [0, 0.05) is 12.6 Å². The first kappa shape index (κ1) is 19.9. The summed E-state index contributed by atoms with van der Waals surface area (Å²) in [7, 11) is -2.33. The highest BCUT2D eigenvalue weighted by atomic mass is 35.5. The molecule has 0 heterocycles. The van der Waals surface area contributed by atoms with Crippen molar-refractivity contribution in [2.75, 3.05) is 16.7 Å². The Balaban J connectivity index is 1.81. The van der Waals surface area contributed by atoms with E-state index in [0.717, 1.165) is 4.31 Å². The van der Waals surface area contributed by atoms with E-state index in [1.165, 1.54) is 49.5 Å². The molecule has 3 rings (SSSR count). The molecule has 0 unspecified atom stereocenters. The SMILES string of the molecule is CN(c1ccccc1)S(=O)(=O)c1ccc(C(=O)Nc2cccc(Cl)c2F)cc1. The average molecular weight is 419 g/mol. The van der Waals surface area contributed by atoms with E-state index in [4.69, 9.17) is 11.6 Å². The zero-order chi connectivity index (χ0) is 20.3. The fraction of sp³-hybridized carbons (Fsp3) is 0.0500. The Kier molecular flexibility index (Phi) is 5.67. The summed E-state index contributed by atoms with van der Waals surface area (Å²) in [5, 5.41) is 2.31. The highest BCUT2D eigenvalue weighted by Gasteiger charge is 2.21. The number of anilines is 2. The molecule has 0 saturated carbocycles. The van der Waals surface area contributed by atoms with Gasteiger partial charge in [0.15, 0.2) is 5.82 Å². The van der Waals surface area contributed by atoms with Gasteiger partial charge >= 0.3 is 0 Å². The van der Waals surface area contributed by atoms with Crippen LogP contribution in [0.4, 0.5) is 15.8 Å². The molecule has 0 aliphatic rings. The normalized spacial score (nSPS) is 11.1. The summed E-state index contributed by atoms with van der Waals surface area (Å²) in [4.78, 5) is 12.3. The van der Waals surface area contributed by atoms with Crippen LogP contribution >= 0.6 is 11.6 Å². The lowest BCUT2D eigenvalue weighted by atomic mass is 10.2. The summed E-state index contributed by atoms with van der Waals surface area (Å²) in [5.41, 5.74) is 0.638. The fourth-order valence-corrected chi connectivity index (χ4v) is 3.88. The van der Waals surface area contributed by atoms with E-state index in [9.17, 15) is 17.6 Å². The maximum atomic E-state index is 13.9. The molecular formula is C20H16ClFN2O3S. The van der Waals surface area contributed by atoms with Crippen LogP contribution in [0.15, 0.2) is 77.7 Å². The first-order valence-corrected chi connectivity index (χ1v) is 10.0. The third-order valence-corrected chi connectivity index (χ3v) is 6.19. The van der Waals surface area contributed by atoms with E-state index in [1.54, 1.807) is 30.3 Å². The Labute approximate surface area is 167 Å². The fourth-order valence-electron chi connectivity index (χ4n) is 2.51. The Morgan fingerprint density at radius 3 is 2.25 bits per heavy atom. The van der Waals surface area contributed by atoms with Gasteiger partial charge in [-0.3, -0.25) is 9.10 Å².